The molecule has 1 fully saturated rings. The largest absolute Gasteiger partial charge is 0.475 e. The van der Waals surface area contributed by atoms with Crippen molar-refractivity contribution in [2.45, 2.75) is 45.7 Å². The summed E-state index contributed by atoms with van der Waals surface area (Å²) in [6.45, 7) is 5.64. The first-order valence-corrected chi connectivity index (χ1v) is 7.34. The van der Waals surface area contributed by atoms with E-state index in [1.54, 1.807) is 6.92 Å². The summed E-state index contributed by atoms with van der Waals surface area (Å²) in [6, 6.07) is 1.22. The Morgan fingerprint density at radius 3 is 2.62 bits per heavy atom. The molecule has 0 spiro atoms. The molecule has 1 aromatic heterocycles. The highest BCUT2D eigenvalue weighted by atomic mass is 16.4. The van der Waals surface area contributed by atoms with Gasteiger partial charge in [-0.15, -0.1) is 0 Å². The summed E-state index contributed by atoms with van der Waals surface area (Å²) in [7, 11) is 0. The van der Waals surface area contributed by atoms with Gasteiger partial charge in [0.1, 0.15) is 5.76 Å². The van der Waals surface area contributed by atoms with Gasteiger partial charge in [-0.2, -0.15) is 0 Å². The van der Waals surface area contributed by atoms with Crippen molar-refractivity contribution in [1.29, 1.82) is 0 Å². The Hall–Kier alpha value is -1.82. The predicted octanol–water partition coefficient (Wildman–Crippen LogP) is 1.78. The highest BCUT2D eigenvalue weighted by molar-refractivity contribution is 5.84. The summed E-state index contributed by atoms with van der Waals surface area (Å²) >= 11 is 0. The maximum absolute atomic E-state index is 12.3. The van der Waals surface area contributed by atoms with Crippen LogP contribution in [0.25, 0.3) is 0 Å². The number of nitrogens with one attached hydrogen (secondary N) is 1. The minimum Gasteiger partial charge on any atom is -0.475 e. The van der Waals surface area contributed by atoms with Gasteiger partial charge in [0.05, 0.1) is 6.04 Å². The van der Waals surface area contributed by atoms with Crippen LogP contribution < -0.4 is 5.32 Å². The number of carbonyl (C=O) groups is 2. The fraction of sp³-hybridized carbons (Fsp3) is 0.600. The molecule has 1 saturated heterocycles. The molecule has 6 heteroatoms. The number of likely N-dealkylation sites (tertiary alicyclic amines) is 1. The van der Waals surface area contributed by atoms with Crippen molar-refractivity contribution < 1.29 is 19.1 Å². The zero-order chi connectivity index (χ0) is 15.4. The topological polar surface area (TPSA) is 82.8 Å². The molecular weight excluding hydrogens is 272 g/mol. The summed E-state index contributed by atoms with van der Waals surface area (Å²) in [5.74, 6) is -0.479. The zero-order valence-electron chi connectivity index (χ0n) is 12.5. The average molecular weight is 294 g/mol. The smallest absolute Gasteiger partial charge is 0.371 e. The quantitative estimate of drug-likeness (QED) is 0.865. The van der Waals surface area contributed by atoms with Crippen LogP contribution in [-0.2, 0) is 11.3 Å². The van der Waals surface area contributed by atoms with Crippen molar-refractivity contribution in [1.82, 2.24) is 10.2 Å². The van der Waals surface area contributed by atoms with Crippen molar-refractivity contribution in [3.05, 3.63) is 23.2 Å². The Morgan fingerprint density at radius 1 is 1.38 bits per heavy atom. The summed E-state index contributed by atoms with van der Waals surface area (Å²) in [5.41, 5.74) is 0.769. The number of rotatable bonds is 5. The number of piperidine rings is 1. The molecule has 0 aromatic carbocycles. The van der Waals surface area contributed by atoms with Gasteiger partial charge in [-0.1, -0.05) is 0 Å². The molecule has 21 heavy (non-hydrogen) atoms. The summed E-state index contributed by atoms with van der Waals surface area (Å²) in [4.78, 5) is 25.0. The average Bonchev–Trinajstić information content (AvgIpc) is 2.86. The molecule has 2 heterocycles. The Kier molecular flexibility index (Phi) is 5.01. The van der Waals surface area contributed by atoms with Crippen molar-refractivity contribution in [3.63, 3.8) is 0 Å². The van der Waals surface area contributed by atoms with Gasteiger partial charge in [-0.25, -0.2) is 4.79 Å². The molecule has 0 saturated carbocycles. The molecular formula is C15H22N2O4. The van der Waals surface area contributed by atoms with Crippen LogP contribution in [0.1, 0.15) is 48.1 Å². The Morgan fingerprint density at radius 2 is 2.05 bits per heavy atom. The van der Waals surface area contributed by atoms with Crippen LogP contribution in [0, 0.1) is 6.92 Å². The number of carbonyl (C=O) groups excluding carboxylic acids is 1. The van der Waals surface area contributed by atoms with E-state index in [0.717, 1.165) is 31.5 Å². The highest BCUT2D eigenvalue weighted by Gasteiger charge is 2.22. The SMILES string of the molecule is Cc1oc(C(=O)O)cc1CNC(C)C(=O)N1CCCCC1. The molecule has 0 radical (unpaired) electrons. The first-order chi connectivity index (χ1) is 9.99. The third-order valence-corrected chi connectivity index (χ3v) is 3.87. The van der Waals surface area contributed by atoms with Crippen molar-refractivity contribution in [2.24, 2.45) is 0 Å². The molecule has 2 rings (SSSR count). The molecule has 1 unspecified atom stereocenters. The summed E-state index contributed by atoms with van der Waals surface area (Å²) in [6.07, 6.45) is 3.33. The van der Waals surface area contributed by atoms with Crippen LogP contribution in [-0.4, -0.2) is 41.0 Å². The lowest BCUT2D eigenvalue weighted by atomic mass is 10.1. The first-order valence-electron chi connectivity index (χ1n) is 7.34. The number of carboxylic acids is 1. The second kappa shape index (κ2) is 6.76. The van der Waals surface area contributed by atoms with Gasteiger partial charge >= 0.3 is 5.97 Å². The molecule has 1 atom stereocenters. The van der Waals surface area contributed by atoms with Crippen molar-refractivity contribution >= 4 is 11.9 Å². The van der Waals surface area contributed by atoms with E-state index < -0.39 is 5.97 Å². The van der Waals surface area contributed by atoms with E-state index in [1.165, 1.54) is 12.5 Å². The minimum atomic E-state index is -1.08. The van der Waals surface area contributed by atoms with E-state index in [-0.39, 0.29) is 17.7 Å². The van der Waals surface area contributed by atoms with Gasteiger partial charge in [-0.05, 0) is 39.2 Å². The van der Waals surface area contributed by atoms with E-state index in [9.17, 15) is 9.59 Å². The Bertz CT molecular complexity index is 518. The van der Waals surface area contributed by atoms with Gasteiger partial charge in [0.25, 0.3) is 0 Å². The fourth-order valence-corrected chi connectivity index (χ4v) is 2.54. The van der Waals surface area contributed by atoms with Crippen LogP contribution in [0.4, 0.5) is 0 Å². The van der Waals surface area contributed by atoms with E-state index in [4.69, 9.17) is 9.52 Å². The zero-order valence-corrected chi connectivity index (χ0v) is 12.5. The van der Waals surface area contributed by atoms with E-state index in [0.29, 0.717) is 12.3 Å². The Labute approximate surface area is 124 Å². The normalized spacial score (nSPS) is 16.8. The molecule has 1 aromatic rings. The molecule has 6 nitrogen and oxygen atoms in total. The second-order valence-electron chi connectivity index (χ2n) is 5.49. The standard InChI is InChI=1S/C15H22N2O4/c1-10(14(18)17-6-4-3-5-7-17)16-9-12-8-13(15(19)20)21-11(12)2/h8,10,16H,3-7,9H2,1-2H3,(H,19,20). The number of hydrogen-bond donors (Lipinski definition) is 2. The van der Waals surface area contributed by atoms with Gasteiger partial charge in [0, 0.05) is 25.2 Å². The number of carboxylic acid groups (broad SMARTS) is 1. The van der Waals surface area contributed by atoms with Crippen LogP contribution in [0.5, 0.6) is 0 Å². The van der Waals surface area contributed by atoms with Crippen LogP contribution in [0.2, 0.25) is 0 Å². The van der Waals surface area contributed by atoms with Crippen LogP contribution in [0.15, 0.2) is 10.5 Å². The van der Waals surface area contributed by atoms with E-state index in [2.05, 4.69) is 5.32 Å². The van der Waals surface area contributed by atoms with Crippen LogP contribution in [0.3, 0.4) is 0 Å². The number of aromatic carboxylic acids is 1. The van der Waals surface area contributed by atoms with Crippen molar-refractivity contribution in [2.75, 3.05) is 13.1 Å². The molecule has 1 aliphatic rings. The number of amides is 1. The van der Waals surface area contributed by atoms with Gasteiger partial charge < -0.3 is 19.7 Å². The maximum Gasteiger partial charge on any atom is 0.371 e. The van der Waals surface area contributed by atoms with Crippen molar-refractivity contribution in [3.8, 4) is 0 Å². The molecule has 1 amide bonds. The third-order valence-electron chi connectivity index (χ3n) is 3.87. The van der Waals surface area contributed by atoms with E-state index >= 15 is 0 Å². The summed E-state index contributed by atoms with van der Waals surface area (Å²) in [5, 5.41) is 12.0. The highest BCUT2D eigenvalue weighted by Crippen LogP contribution is 2.15. The van der Waals surface area contributed by atoms with Gasteiger partial charge in [-0.3, -0.25) is 4.79 Å². The summed E-state index contributed by atoms with van der Waals surface area (Å²) < 4.78 is 5.15. The lowest BCUT2D eigenvalue weighted by Gasteiger charge is -2.29. The number of furan rings is 1. The number of hydrogen-bond acceptors (Lipinski definition) is 4. The third kappa shape index (κ3) is 3.85. The van der Waals surface area contributed by atoms with Gasteiger partial charge in [0.2, 0.25) is 11.7 Å². The monoisotopic (exact) mass is 294 g/mol. The lowest BCUT2D eigenvalue weighted by Crippen LogP contribution is -2.46. The molecule has 1 aliphatic heterocycles. The number of nitrogens with zero attached hydrogens (tertiary/aromatic N) is 1. The molecule has 0 bridgehead atoms. The second-order valence-corrected chi connectivity index (χ2v) is 5.49. The van der Waals surface area contributed by atoms with E-state index in [1.807, 2.05) is 11.8 Å². The fourth-order valence-electron chi connectivity index (χ4n) is 2.54. The first kappa shape index (κ1) is 15.6. The number of aryl methyl sites for hydroxylation is 1. The predicted molar refractivity (Wildman–Crippen MR) is 77.1 cm³/mol. The van der Waals surface area contributed by atoms with Crippen LogP contribution >= 0.6 is 0 Å². The van der Waals surface area contributed by atoms with Gasteiger partial charge in [0.15, 0.2) is 0 Å². The Balaban J connectivity index is 1.89. The molecule has 0 aliphatic carbocycles. The lowest BCUT2D eigenvalue weighted by molar-refractivity contribution is -0.133. The molecule has 2 N–H and O–H groups in total. The minimum absolute atomic E-state index is 0.0701. The maximum atomic E-state index is 12.3. The molecule has 116 valence electrons.